The molecule has 0 aromatic heterocycles. The molecule has 3 aromatic carbocycles. The molecule has 3 aromatic rings. The van der Waals surface area contributed by atoms with Gasteiger partial charge in [-0.1, -0.05) is 78.9 Å². The van der Waals surface area contributed by atoms with Crippen LogP contribution in [0.5, 0.6) is 5.75 Å². The Morgan fingerprint density at radius 2 is 1.55 bits per heavy atom. The predicted molar refractivity (Wildman–Crippen MR) is 165 cm³/mol. The van der Waals surface area contributed by atoms with Crippen molar-refractivity contribution in [1.82, 2.24) is 10.6 Å². The molecule has 6 atom stereocenters. The number of hydrogen-bond acceptors (Lipinski definition) is 7. The number of aliphatic hydroxyl groups is 1. The molecule has 2 aliphatic heterocycles. The third-order valence-electron chi connectivity index (χ3n) is 8.28. The number of nitrogens with one attached hydrogen (secondary N) is 2. The van der Waals surface area contributed by atoms with Crippen molar-refractivity contribution in [1.29, 1.82) is 0 Å². The van der Waals surface area contributed by atoms with Crippen LogP contribution in [0, 0.1) is 19.8 Å². The van der Waals surface area contributed by atoms with Crippen molar-refractivity contribution in [3.63, 3.8) is 0 Å². The topological polar surface area (TPSA) is 115 Å². The number of alkyl carbamates (subject to hydrolysis) is 1. The van der Waals surface area contributed by atoms with Crippen LogP contribution < -0.4 is 15.4 Å². The first kappa shape index (κ1) is 31.5. The zero-order valence-corrected chi connectivity index (χ0v) is 25.3. The average Bonchev–Trinajstić information content (AvgIpc) is 3.63. The second kappa shape index (κ2) is 15.2. The number of fused-ring (bicyclic) bond motifs is 1. The Morgan fingerprint density at radius 1 is 0.886 bits per heavy atom. The number of hydrogen-bond donors (Lipinski definition) is 3. The number of para-hydroxylation sites is 1. The highest BCUT2D eigenvalue weighted by molar-refractivity contribution is 5.78. The van der Waals surface area contributed by atoms with Crippen LogP contribution in [0.15, 0.2) is 78.9 Å². The van der Waals surface area contributed by atoms with E-state index < -0.39 is 24.3 Å². The summed E-state index contributed by atoms with van der Waals surface area (Å²) in [5.41, 5.74) is 3.86. The highest BCUT2D eigenvalue weighted by atomic mass is 16.7. The molecule has 2 saturated heterocycles. The van der Waals surface area contributed by atoms with Crippen LogP contribution in [-0.2, 0) is 31.8 Å². The molecule has 0 aliphatic carbocycles. The van der Waals surface area contributed by atoms with Gasteiger partial charge in [-0.25, -0.2) is 4.79 Å². The van der Waals surface area contributed by atoms with Gasteiger partial charge in [0.2, 0.25) is 0 Å². The van der Waals surface area contributed by atoms with E-state index in [0.29, 0.717) is 31.8 Å². The Balaban J connectivity index is 1.26. The molecule has 5 rings (SSSR count). The molecule has 2 amide bonds. The molecule has 2 heterocycles. The summed E-state index contributed by atoms with van der Waals surface area (Å²) in [5.74, 6) is 0.362. The quantitative estimate of drug-likeness (QED) is 0.268. The molecule has 0 spiro atoms. The number of rotatable bonds is 13. The molecule has 0 unspecified atom stereocenters. The number of benzene rings is 3. The van der Waals surface area contributed by atoms with Crippen molar-refractivity contribution in [2.45, 2.75) is 70.1 Å². The SMILES string of the molecule is Cc1cccc(C)c1OCC(=O)N[C@@H](Cc1ccccc1)[C@@H](O)C[C@H](Cc1ccccc1)NC(=O)O[C@H]1CO[C@H]2OCC[C@H]21. The molecule has 9 heteroatoms. The molecule has 2 aliphatic rings. The van der Waals surface area contributed by atoms with E-state index in [9.17, 15) is 14.7 Å². The van der Waals surface area contributed by atoms with Crippen LogP contribution >= 0.6 is 0 Å². The minimum atomic E-state index is -0.976. The van der Waals surface area contributed by atoms with Gasteiger partial charge in [-0.2, -0.15) is 0 Å². The minimum Gasteiger partial charge on any atom is -0.483 e. The maximum atomic E-state index is 13.1. The molecule has 0 saturated carbocycles. The van der Waals surface area contributed by atoms with E-state index in [2.05, 4.69) is 10.6 Å². The summed E-state index contributed by atoms with van der Waals surface area (Å²) in [7, 11) is 0. The van der Waals surface area contributed by atoms with Crippen LogP contribution in [0.25, 0.3) is 0 Å². The maximum absolute atomic E-state index is 13.1. The first-order valence-electron chi connectivity index (χ1n) is 15.3. The number of ether oxygens (including phenoxy) is 4. The largest absolute Gasteiger partial charge is 0.483 e. The zero-order chi connectivity index (χ0) is 30.9. The van der Waals surface area contributed by atoms with E-state index in [1.165, 1.54) is 0 Å². The Hall–Kier alpha value is -3.92. The van der Waals surface area contributed by atoms with Crippen LogP contribution in [0.2, 0.25) is 0 Å². The van der Waals surface area contributed by atoms with E-state index in [1.807, 2.05) is 92.7 Å². The first-order valence-corrected chi connectivity index (χ1v) is 15.3. The molecule has 9 nitrogen and oxygen atoms in total. The van der Waals surface area contributed by atoms with Crippen LogP contribution in [-0.4, -0.2) is 67.5 Å². The van der Waals surface area contributed by atoms with Gasteiger partial charge < -0.3 is 34.7 Å². The van der Waals surface area contributed by atoms with Crippen LogP contribution in [0.1, 0.15) is 35.1 Å². The molecule has 0 radical (unpaired) electrons. The summed E-state index contributed by atoms with van der Waals surface area (Å²) in [5, 5.41) is 17.5. The van der Waals surface area contributed by atoms with E-state index in [0.717, 1.165) is 28.7 Å². The van der Waals surface area contributed by atoms with E-state index in [4.69, 9.17) is 18.9 Å². The maximum Gasteiger partial charge on any atom is 0.407 e. The summed E-state index contributed by atoms with van der Waals surface area (Å²) in [4.78, 5) is 26.2. The smallest absolute Gasteiger partial charge is 0.407 e. The molecule has 44 heavy (non-hydrogen) atoms. The van der Waals surface area contributed by atoms with E-state index in [1.54, 1.807) is 0 Å². The summed E-state index contributed by atoms with van der Waals surface area (Å²) in [6, 6.07) is 24.2. The Labute approximate surface area is 258 Å². The normalized spacial score (nSPS) is 21.1. The van der Waals surface area contributed by atoms with Crippen molar-refractivity contribution in [3.8, 4) is 5.75 Å². The second-order valence-corrected chi connectivity index (χ2v) is 11.7. The van der Waals surface area contributed by atoms with Crippen molar-refractivity contribution in [2.75, 3.05) is 19.8 Å². The standard InChI is InChI=1S/C35H42N2O7/c1-23-10-9-11-24(2)33(23)42-22-32(39)37-29(19-26-14-7-4-8-15-26)30(38)20-27(18-25-12-5-3-6-13-25)36-35(40)44-31-21-43-34-28(31)16-17-41-34/h3-15,27-31,34,38H,16-22H2,1-2H3,(H,36,40)(H,37,39)/t27-,28-,29-,30-,31-,34+/m0/s1. The lowest BCUT2D eigenvalue weighted by atomic mass is 9.93. The lowest BCUT2D eigenvalue weighted by molar-refractivity contribution is -0.124. The fourth-order valence-electron chi connectivity index (χ4n) is 6.00. The summed E-state index contributed by atoms with van der Waals surface area (Å²) < 4.78 is 22.8. The molecule has 234 valence electrons. The Kier molecular flexibility index (Phi) is 10.9. The van der Waals surface area contributed by atoms with E-state index in [-0.39, 0.29) is 37.2 Å². The number of amides is 2. The highest BCUT2D eigenvalue weighted by Gasteiger charge is 2.44. The van der Waals surface area contributed by atoms with Gasteiger partial charge >= 0.3 is 6.09 Å². The molecular formula is C35H42N2O7. The summed E-state index contributed by atoms with van der Waals surface area (Å²) in [6.07, 6.45) is -0.394. The van der Waals surface area contributed by atoms with Crippen molar-refractivity contribution in [2.24, 2.45) is 5.92 Å². The lowest BCUT2D eigenvalue weighted by Gasteiger charge is -2.29. The van der Waals surface area contributed by atoms with Gasteiger partial charge in [-0.15, -0.1) is 0 Å². The number of aryl methyl sites for hydroxylation is 2. The van der Waals surface area contributed by atoms with Gasteiger partial charge in [0.1, 0.15) is 11.9 Å². The average molecular weight is 603 g/mol. The third kappa shape index (κ3) is 8.59. The predicted octanol–water partition coefficient (Wildman–Crippen LogP) is 4.26. The number of carbonyl (C=O) groups is 2. The molecule has 2 fully saturated rings. The fourth-order valence-corrected chi connectivity index (χ4v) is 6.00. The van der Waals surface area contributed by atoms with Crippen molar-refractivity contribution in [3.05, 3.63) is 101 Å². The lowest BCUT2D eigenvalue weighted by Crippen LogP contribution is -2.50. The molecular weight excluding hydrogens is 560 g/mol. The fraction of sp³-hybridized carbons (Fsp3) is 0.429. The second-order valence-electron chi connectivity index (χ2n) is 11.7. The van der Waals surface area contributed by atoms with Crippen molar-refractivity contribution < 1.29 is 33.6 Å². The van der Waals surface area contributed by atoms with Crippen LogP contribution in [0.3, 0.4) is 0 Å². The molecule has 3 N–H and O–H groups in total. The number of carbonyl (C=O) groups excluding carboxylic acids is 2. The van der Waals surface area contributed by atoms with Gasteiger partial charge in [0.05, 0.1) is 31.3 Å². The zero-order valence-electron chi connectivity index (χ0n) is 25.3. The van der Waals surface area contributed by atoms with Gasteiger partial charge in [0.15, 0.2) is 12.9 Å². The Morgan fingerprint density at radius 3 is 2.23 bits per heavy atom. The van der Waals surface area contributed by atoms with Crippen molar-refractivity contribution >= 4 is 12.0 Å². The molecule has 0 bridgehead atoms. The summed E-state index contributed by atoms with van der Waals surface area (Å²) >= 11 is 0. The van der Waals surface area contributed by atoms with Gasteiger partial charge in [0, 0.05) is 6.04 Å². The Bertz CT molecular complexity index is 1350. The van der Waals surface area contributed by atoms with Gasteiger partial charge in [-0.3, -0.25) is 4.79 Å². The van der Waals surface area contributed by atoms with E-state index >= 15 is 0 Å². The highest BCUT2D eigenvalue weighted by Crippen LogP contribution is 2.33. The van der Waals surface area contributed by atoms with Gasteiger partial charge in [-0.05, 0) is 61.8 Å². The van der Waals surface area contributed by atoms with Gasteiger partial charge in [0.25, 0.3) is 5.91 Å². The third-order valence-corrected chi connectivity index (χ3v) is 8.28. The number of aliphatic hydroxyl groups excluding tert-OH is 1. The van der Waals surface area contributed by atoms with Crippen LogP contribution in [0.4, 0.5) is 4.79 Å². The monoisotopic (exact) mass is 602 g/mol. The summed E-state index contributed by atoms with van der Waals surface area (Å²) in [6.45, 7) is 4.57. The first-order chi connectivity index (χ1) is 21.4. The minimum absolute atomic E-state index is 0.0232.